The van der Waals surface area contributed by atoms with E-state index in [2.05, 4.69) is 5.32 Å². The Labute approximate surface area is 146 Å². The minimum Gasteiger partial charge on any atom is -0.379 e. The summed E-state index contributed by atoms with van der Waals surface area (Å²) in [4.78, 5) is 12.7. The van der Waals surface area contributed by atoms with Crippen LogP contribution in [0, 0.1) is 0 Å². The summed E-state index contributed by atoms with van der Waals surface area (Å²) in [5.74, 6) is -0.865. The van der Waals surface area contributed by atoms with Gasteiger partial charge in [0.15, 0.2) is 5.60 Å². The van der Waals surface area contributed by atoms with Gasteiger partial charge in [-0.05, 0) is 55.5 Å². The maximum atomic E-state index is 12.3. The van der Waals surface area contributed by atoms with E-state index in [0.717, 1.165) is 0 Å². The molecule has 0 aromatic heterocycles. The van der Waals surface area contributed by atoms with Crippen LogP contribution in [0.5, 0.6) is 0 Å². The Morgan fingerprint density at radius 2 is 1.57 bits per heavy atom. The highest BCUT2D eigenvalue weighted by Crippen LogP contribution is 2.19. The van der Waals surface area contributed by atoms with Crippen molar-refractivity contribution in [1.82, 2.24) is 0 Å². The number of rotatable bonds is 5. The number of benzene rings is 2. The van der Waals surface area contributed by atoms with Crippen molar-refractivity contribution in [2.75, 3.05) is 11.1 Å². The van der Waals surface area contributed by atoms with Gasteiger partial charge in [-0.3, -0.25) is 9.00 Å². The molecule has 0 aliphatic carbocycles. The number of amides is 1. The van der Waals surface area contributed by atoms with E-state index in [9.17, 15) is 14.1 Å². The SMILES string of the molecule is C[C@@](O)(C[S@](=O)c1ccc(Cl)cc1)C(=O)Nc1ccc(Cl)cc1. The Morgan fingerprint density at radius 1 is 1.09 bits per heavy atom. The second-order valence-electron chi connectivity index (χ2n) is 5.18. The number of hydrogen-bond acceptors (Lipinski definition) is 3. The van der Waals surface area contributed by atoms with Gasteiger partial charge in [-0.25, -0.2) is 0 Å². The molecule has 2 rings (SSSR count). The molecule has 7 heteroatoms. The lowest BCUT2D eigenvalue weighted by molar-refractivity contribution is -0.130. The van der Waals surface area contributed by atoms with Crippen LogP contribution in [0.1, 0.15) is 6.92 Å². The number of carbonyl (C=O) groups is 1. The molecule has 4 nitrogen and oxygen atoms in total. The fraction of sp³-hybridized carbons (Fsp3) is 0.188. The average molecular weight is 372 g/mol. The molecule has 0 heterocycles. The largest absolute Gasteiger partial charge is 0.379 e. The Kier molecular flexibility index (Phi) is 5.81. The van der Waals surface area contributed by atoms with Crippen molar-refractivity contribution >= 4 is 45.6 Å². The molecule has 0 spiro atoms. The first-order valence-electron chi connectivity index (χ1n) is 6.71. The fourth-order valence-electron chi connectivity index (χ4n) is 1.79. The predicted octanol–water partition coefficient (Wildman–Crippen LogP) is 3.49. The molecule has 0 aliphatic rings. The third kappa shape index (κ3) is 5.04. The first-order valence-corrected chi connectivity index (χ1v) is 8.79. The summed E-state index contributed by atoms with van der Waals surface area (Å²) in [6.45, 7) is 1.33. The summed E-state index contributed by atoms with van der Waals surface area (Å²) >= 11 is 11.6. The van der Waals surface area contributed by atoms with Crippen molar-refractivity contribution < 1.29 is 14.1 Å². The van der Waals surface area contributed by atoms with Gasteiger partial charge in [0.1, 0.15) is 0 Å². The summed E-state index contributed by atoms with van der Waals surface area (Å²) in [5.41, 5.74) is -1.29. The number of hydrogen-bond donors (Lipinski definition) is 2. The molecular weight excluding hydrogens is 357 g/mol. The van der Waals surface area contributed by atoms with Crippen molar-refractivity contribution in [2.45, 2.75) is 17.4 Å². The zero-order valence-electron chi connectivity index (χ0n) is 12.3. The van der Waals surface area contributed by atoms with Gasteiger partial charge in [-0.15, -0.1) is 0 Å². The monoisotopic (exact) mass is 371 g/mol. The summed E-state index contributed by atoms with van der Waals surface area (Å²) < 4.78 is 12.3. The van der Waals surface area contributed by atoms with Crippen LogP contribution in [0.15, 0.2) is 53.4 Å². The normalized spacial score (nSPS) is 14.8. The molecule has 0 radical (unpaired) electrons. The predicted molar refractivity (Wildman–Crippen MR) is 93.4 cm³/mol. The molecule has 122 valence electrons. The lowest BCUT2D eigenvalue weighted by Gasteiger charge is -2.22. The minimum atomic E-state index is -1.79. The maximum Gasteiger partial charge on any atom is 0.257 e. The van der Waals surface area contributed by atoms with Gasteiger partial charge in [0.25, 0.3) is 5.91 Å². The van der Waals surface area contributed by atoms with E-state index in [1.165, 1.54) is 6.92 Å². The van der Waals surface area contributed by atoms with E-state index < -0.39 is 22.3 Å². The molecule has 2 aromatic rings. The van der Waals surface area contributed by atoms with Crippen molar-refractivity contribution in [3.63, 3.8) is 0 Å². The molecule has 2 N–H and O–H groups in total. The number of aliphatic hydroxyl groups is 1. The molecule has 0 bridgehead atoms. The fourth-order valence-corrected chi connectivity index (χ4v) is 3.29. The van der Waals surface area contributed by atoms with Crippen LogP contribution in [0.3, 0.4) is 0 Å². The molecular formula is C16H15Cl2NO3S. The van der Waals surface area contributed by atoms with Crippen LogP contribution < -0.4 is 5.32 Å². The van der Waals surface area contributed by atoms with Gasteiger partial charge in [0.2, 0.25) is 0 Å². The molecule has 0 aliphatic heterocycles. The zero-order valence-corrected chi connectivity index (χ0v) is 14.6. The van der Waals surface area contributed by atoms with E-state index in [1.54, 1.807) is 48.5 Å². The third-order valence-corrected chi connectivity index (χ3v) is 5.21. The van der Waals surface area contributed by atoms with E-state index in [-0.39, 0.29) is 5.75 Å². The number of anilines is 1. The summed E-state index contributed by atoms with van der Waals surface area (Å²) in [5, 5.41) is 14.0. The van der Waals surface area contributed by atoms with Gasteiger partial charge in [-0.2, -0.15) is 0 Å². The highest BCUT2D eigenvalue weighted by Gasteiger charge is 2.33. The first kappa shape index (κ1) is 17.9. The Hall–Kier alpha value is -1.40. The van der Waals surface area contributed by atoms with Crippen LogP contribution in [-0.2, 0) is 15.6 Å². The lowest BCUT2D eigenvalue weighted by atomic mass is 10.1. The molecule has 2 atom stereocenters. The van der Waals surface area contributed by atoms with Crippen LogP contribution in [0.2, 0.25) is 10.0 Å². The maximum absolute atomic E-state index is 12.3. The number of nitrogens with one attached hydrogen (secondary N) is 1. The van der Waals surface area contributed by atoms with Gasteiger partial charge in [0, 0.05) is 20.6 Å². The van der Waals surface area contributed by atoms with Crippen LogP contribution in [0.4, 0.5) is 5.69 Å². The molecule has 0 fully saturated rings. The van der Waals surface area contributed by atoms with E-state index in [0.29, 0.717) is 20.6 Å². The van der Waals surface area contributed by atoms with Crippen molar-refractivity contribution in [3.05, 3.63) is 58.6 Å². The van der Waals surface area contributed by atoms with Crippen LogP contribution >= 0.6 is 23.2 Å². The van der Waals surface area contributed by atoms with Gasteiger partial charge in [-0.1, -0.05) is 23.2 Å². The quantitative estimate of drug-likeness (QED) is 0.845. The standard InChI is InChI=1S/C16H15Cl2NO3S/c1-16(21,10-23(22)14-8-4-12(18)5-9-14)15(20)19-13-6-2-11(17)3-7-13/h2-9,21H,10H2,1H3,(H,19,20)/t16-,23+/m1/s1. The highest BCUT2D eigenvalue weighted by molar-refractivity contribution is 7.85. The first-order chi connectivity index (χ1) is 10.8. The third-order valence-electron chi connectivity index (χ3n) is 3.08. The van der Waals surface area contributed by atoms with Gasteiger partial charge in [0.05, 0.1) is 16.6 Å². The van der Waals surface area contributed by atoms with Gasteiger partial charge >= 0.3 is 0 Å². The second kappa shape index (κ2) is 7.45. The lowest BCUT2D eigenvalue weighted by Crippen LogP contribution is -2.44. The molecule has 0 saturated heterocycles. The summed E-state index contributed by atoms with van der Waals surface area (Å²) in [7, 11) is -1.53. The van der Waals surface area contributed by atoms with E-state index in [4.69, 9.17) is 23.2 Å². The van der Waals surface area contributed by atoms with Crippen LogP contribution in [-0.4, -0.2) is 26.6 Å². The van der Waals surface area contributed by atoms with Crippen LogP contribution in [0.25, 0.3) is 0 Å². The van der Waals surface area contributed by atoms with Gasteiger partial charge < -0.3 is 10.4 Å². The zero-order chi connectivity index (χ0) is 17.0. The Morgan fingerprint density at radius 3 is 2.09 bits per heavy atom. The molecule has 0 saturated carbocycles. The smallest absolute Gasteiger partial charge is 0.257 e. The summed E-state index contributed by atoms with van der Waals surface area (Å²) in [6.07, 6.45) is 0. The molecule has 2 aromatic carbocycles. The summed E-state index contributed by atoms with van der Waals surface area (Å²) in [6, 6.07) is 12.9. The van der Waals surface area contributed by atoms with Crippen molar-refractivity contribution in [1.29, 1.82) is 0 Å². The Balaban J connectivity index is 2.04. The topological polar surface area (TPSA) is 66.4 Å². The molecule has 23 heavy (non-hydrogen) atoms. The Bertz CT molecular complexity index is 715. The molecule has 0 unspecified atom stereocenters. The van der Waals surface area contributed by atoms with Crippen molar-refractivity contribution in [3.8, 4) is 0 Å². The van der Waals surface area contributed by atoms with E-state index >= 15 is 0 Å². The number of carbonyl (C=O) groups excluding carboxylic acids is 1. The average Bonchev–Trinajstić information content (AvgIpc) is 2.49. The highest BCUT2D eigenvalue weighted by atomic mass is 35.5. The number of halogens is 2. The second-order valence-corrected chi connectivity index (χ2v) is 7.50. The van der Waals surface area contributed by atoms with E-state index in [1.807, 2.05) is 0 Å². The molecule has 1 amide bonds. The van der Waals surface area contributed by atoms with Crippen molar-refractivity contribution in [2.24, 2.45) is 0 Å². The minimum absolute atomic E-state index is 0.228.